The highest BCUT2D eigenvalue weighted by Crippen LogP contribution is 2.36. The number of hydrogen-bond donors (Lipinski definition) is 0. The van der Waals surface area contributed by atoms with Crippen molar-refractivity contribution in [2.45, 2.75) is 41.7 Å². The monoisotopic (exact) mass is 317 g/mol. The van der Waals surface area contributed by atoms with Crippen LogP contribution in [-0.4, -0.2) is 51.2 Å². The maximum absolute atomic E-state index is 12.6. The van der Waals surface area contributed by atoms with Gasteiger partial charge in [0.15, 0.2) is 0 Å². The summed E-state index contributed by atoms with van der Waals surface area (Å²) in [6.45, 7) is 1.14. The summed E-state index contributed by atoms with van der Waals surface area (Å²) in [6.07, 6.45) is 2.59. The summed E-state index contributed by atoms with van der Waals surface area (Å²) >= 11 is 1.27. The number of sulfonamides is 1. The van der Waals surface area contributed by atoms with Gasteiger partial charge in [0.25, 0.3) is 10.0 Å². The minimum Gasteiger partial charge on any atom is -0.382 e. The molecule has 0 N–H and O–H groups in total. The Kier molecular flexibility index (Phi) is 4.14. The van der Waals surface area contributed by atoms with Crippen molar-refractivity contribution in [1.29, 1.82) is 0 Å². The average Bonchev–Trinajstić information content (AvgIpc) is 3.08. The van der Waals surface area contributed by atoms with E-state index in [9.17, 15) is 8.42 Å². The molecule has 0 aromatic carbocycles. The SMILES string of the molecule is COC[C@H]1CC[C@H]2[C@H](CCN2S(=O)(=O)c2cccs2)O1. The molecule has 3 atom stereocenters. The molecule has 0 bridgehead atoms. The molecule has 0 amide bonds. The van der Waals surface area contributed by atoms with E-state index in [0.717, 1.165) is 19.3 Å². The number of hydrogen-bond acceptors (Lipinski definition) is 5. The van der Waals surface area contributed by atoms with Gasteiger partial charge in [-0.1, -0.05) is 6.07 Å². The Balaban J connectivity index is 1.75. The number of thiophene rings is 1. The molecule has 3 heterocycles. The van der Waals surface area contributed by atoms with Gasteiger partial charge in [-0.2, -0.15) is 4.31 Å². The Morgan fingerprint density at radius 3 is 3.00 bits per heavy atom. The van der Waals surface area contributed by atoms with Gasteiger partial charge >= 0.3 is 0 Å². The van der Waals surface area contributed by atoms with Crippen LogP contribution in [0.5, 0.6) is 0 Å². The summed E-state index contributed by atoms with van der Waals surface area (Å²) in [5.41, 5.74) is 0. The predicted molar refractivity (Wildman–Crippen MR) is 76.4 cm³/mol. The van der Waals surface area contributed by atoms with E-state index in [1.54, 1.807) is 28.9 Å². The second-order valence-corrected chi connectivity index (χ2v) is 8.30. The van der Waals surface area contributed by atoms with Gasteiger partial charge in [-0.25, -0.2) is 8.42 Å². The van der Waals surface area contributed by atoms with Gasteiger partial charge in [-0.05, 0) is 30.7 Å². The summed E-state index contributed by atoms with van der Waals surface area (Å²) < 4.78 is 38.4. The summed E-state index contributed by atoms with van der Waals surface area (Å²) in [5.74, 6) is 0. The van der Waals surface area contributed by atoms with Gasteiger partial charge in [-0.15, -0.1) is 11.3 Å². The molecule has 1 aromatic rings. The van der Waals surface area contributed by atoms with Gasteiger partial charge in [0, 0.05) is 13.7 Å². The fraction of sp³-hybridized carbons (Fsp3) is 0.692. The molecule has 5 nitrogen and oxygen atoms in total. The summed E-state index contributed by atoms with van der Waals surface area (Å²) in [5, 5.41) is 1.80. The first kappa shape index (κ1) is 14.5. The van der Waals surface area contributed by atoms with Crippen LogP contribution in [0.15, 0.2) is 21.7 Å². The largest absolute Gasteiger partial charge is 0.382 e. The molecule has 0 saturated carbocycles. The van der Waals surface area contributed by atoms with Crippen LogP contribution in [0.1, 0.15) is 19.3 Å². The molecular weight excluding hydrogens is 298 g/mol. The van der Waals surface area contributed by atoms with E-state index in [4.69, 9.17) is 9.47 Å². The van der Waals surface area contributed by atoms with E-state index >= 15 is 0 Å². The third kappa shape index (κ3) is 2.53. The second-order valence-electron chi connectivity index (χ2n) is 5.23. The average molecular weight is 317 g/mol. The van der Waals surface area contributed by atoms with Crippen LogP contribution in [0.25, 0.3) is 0 Å². The molecule has 0 unspecified atom stereocenters. The second kappa shape index (κ2) is 5.73. The van der Waals surface area contributed by atoms with Crippen molar-refractivity contribution in [1.82, 2.24) is 4.31 Å². The van der Waals surface area contributed by atoms with Gasteiger partial charge in [0.05, 0.1) is 24.9 Å². The van der Waals surface area contributed by atoms with Crippen LogP contribution >= 0.6 is 11.3 Å². The summed E-state index contributed by atoms with van der Waals surface area (Å²) in [7, 11) is -1.69. The number of rotatable bonds is 4. The maximum atomic E-state index is 12.6. The van der Waals surface area contributed by atoms with Gasteiger partial charge < -0.3 is 9.47 Å². The highest BCUT2D eigenvalue weighted by molar-refractivity contribution is 7.91. The molecule has 3 rings (SSSR count). The number of ether oxygens (including phenoxy) is 2. The standard InChI is InChI=1S/C13H19NO4S2/c1-17-9-10-4-5-11-12(18-10)6-7-14(11)20(15,16)13-3-2-8-19-13/h2-3,8,10-12H,4-7,9H2,1H3/t10-,11+,12+/m1/s1. The van der Waals surface area contributed by atoms with E-state index in [0.29, 0.717) is 17.4 Å². The third-order valence-corrected chi connectivity index (χ3v) is 7.29. The molecule has 20 heavy (non-hydrogen) atoms. The van der Waals surface area contributed by atoms with Crippen molar-refractivity contribution in [3.63, 3.8) is 0 Å². The zero-order chi connectivity index (χ0) is 14.2. The molecule has 0 aliphatic carbocycles. The zero-order valence-corrected chi connectivity index (χ0v) is 13.0. The highest BCUT2D eigenvalue weighted by atomic mass is 32.2. The topological polar surface area (TPSA) is 55.8 Å². The predicted octanol–water partition coefficient (Wildman–Crippen LogP) is 1.71. The quantitative estimate of drug-likeness (QED) is 0.848. The minimum atomic E-state index is -3.35. The minimum absolute atomic E-state index is 0.0126. The first-order valence-electron chi connectivity index (χ1n) is 6.82. The van der Waals surface area contributed by atoms with Crippen LogP contribution in [0, 0.1) is 0 Å². The molecule has 112 valence electrons. The molecule has 0 spiro atoms. The van der Waals surface area contributed by atoms with E-state index in [1.807, 2.05) is 0 Å². The Morgan fingerprint density at radius 2 is 2.30 bits per heavy atom. The third-order valence-electron chi connectivity index (χ3n) is 4.00. The smallest absolute Gasteiger partial charge is 0.252 e. The van der Waals surface area contributed by atoms with Crippen LogP contribution in [0.4, 0.5) is 0 Å². The van der Waals surface area contributed by atoms with E-state index in [-0.39, 0.29) is 18.2 Å². The molecule has 2 aliphatic heterocycles. The molecule has 0 radical (unpaired) electrons. The fourth-order valence-corrected chi connectivity index (χ4v) is 5.91. The molecule has 2 saturated heterocycles. The Labute approximate surface area is 123 Å². The van der Waals surface area contributed by atoms with Gasteiger partial charge in [0.1, 0.15) is 4.21 Å². The van der Waals surface area contributed by atoms with Gasteiger partial charge in [0.2, 0.25) is 0 Å². The van der Waals surface area contributed by atoms with Crippen LogP contribution < -0.4 is 0 Å². The Morgan fingerprint density at radius 1 is 1.45 bits per heavy atom. The van der Waals surface area contributed by atoms with Crippen molar-refractivity contribution in [2.24, 2.45) is 0 Å². The molecule has 1 aromatic heterocycles. The molecular formula is C13H19NO4S2. The molecule has 7 heteroatoms. The lowest BCUT2D eigenvalue weighted by molar-refractivity contribution is -0.0872. The number of methoxy groups -OCH3 is 1. The van der Waals surface area contributed by atoms with Crippen LogP contribution in [-0.2, 0) is 19.5 Å². The van der Waals surface area contributed by atoms with Crippen molar-refractivity contribution >= 4 is 21.4 Å². The normalized spacial score (nSPS) is 31.4. The zero-order valence-electron chi connectivity index (χ0n) is 11.4. The van der Waals surface area contributed by atoms with E-state index in [1.165, 1.54) is 11.3 Å². The Bertz CT molecular complexity index is 543. The van der Waals surface area contributed by atoms with Crippen molar-refractivity contribution in [3.05, 3.63) is 17.5 Å². The Hall–Kier alpha value is -0.470. The first-order valence-corrected chi connectivity index (χ1v) is 9.14. The number of nitrogens with zero attached hydrogens (tertiary/aromatic N) is 1. The van der Waals surface area contributed by atoms with Crippen molar-refractivity contribution in [2.75, 3.05) is 20.3 Å². The van der Waals surface area contributed by atoms with Crippen LogP contribution in [0.2, 0.25) is 0 Å². The lowest BCUT2D eigenvalue weighted by Gasteiger charge is -2.35. The van der Waals surface area contributed by atoms with Crippen molar-refractivity contribution < 1.29 is 17.9 Å². The molecule has 2 aliphatic rings. The van der Waals surface area contributed by atoms with Crippen LogP contribution in [0.3, 0.4) is 0 Å². The molecule has 2 fully saturated rings. The lowest BCUT2D eigenvalue weighted by Crippen LogP contribution is -2.45. The van der Waals surface area contributed by atoms with E-state index < -0.39 is 10.0 Å². The summed E-state index contributed by atoms with van der Waals surface area (Å²) in [4.78, 5) is 0. The fourth-order valence-electron chi connectivity index (χ4n) is 3.09. The lowest BCUT2D eigenvalue weighted by atomic mass is 10.0. The highest BCUT2D eigenvalue weighted by Gasteiger charge is 2.45. The van der Waals surface area contributed by atoms with Crippen molar-refractivity contribution in [3.8, 4) is 0 Å². The van der Waals surface area contributed by atoms with Gasteiger partial charge in [-0.3, -0.25) is 0 Å². The maximum Gasteiger partial charge on any atom is 0.252 e. The first-order chi connectivity index (χ1) is 9.63. The number of fused-ring (bicyclic) bond motifs is 1. The summed E-state index contributed by atoms with van der Waals surface area (Å²) in [6, 6.07) is 3.43. The van der Waals surface area contributed by atoms with E-state index in [2.05, 4.69) is 0 Å².